The topological polar surface area (TPSA) is 93.9 Å². The van der Waals surface area contributed by atoms with Crippen LogP contribution in [0.15, 0.2) is 34.9 Å². The third-order valence-corrected chi connectivity index (χ3v) is 4.61. The highest BCUT2D eigenvalue weighted by Gasteiger charge is 2.19. The first-order chi connectivity index (χ1) is 15.5. The maximum absolute atomic E-state index is 13.1. The van der Waals surface area contributed by atoms with Gasteiger partial charge in [-0.3, -0.25) is 9.59 Å². The highest BCUT2D eigenvalue weighted by Crippen LogP contribution is 2.11. The van der Waals surface area contributed by atoms with Gasteiger partial charge in [-0.15, -0.1) is 0 Å². The predicted octanol–water partition coefficient (Wildman–Crippen LogP) is 2.97. The van der Waals surface area contributed by atoms with E-state index in [0.717, 1.165) is 0 Å². The molecule has 0 radical (unpaired) electrons. The Bertz CT molecular complexity index is 825. The summed E-state index contributed by atoms with van der Waals surface area (Å²) in [6, 6.07) is 5.83. The zero-order valence-corrected chi connectivity index (χ0v) is 18.8. The zero-order chi connectivity index (χ0) is 23.2. The smallest absolute Gasteiger partial charge is 0.273 e. The summed E-state index contributed by atoms with van der Waals surface area (Å²) in [7, 11) is 0. The highest BCUT2D eigenvalue weighted by atomic mass is 19.1. The van der Waals surface area contributed by atoms with Crippen LogP contribution in [0.1, 0.15) is 48.6 Å². The second-order valence-electron chi connectivity index (χ2n) is 7.10. The fourth-order valence-corrected chi connectivity index (χ4v) is 2.94. The number of halogens is 1. The maximum atomic E-state index is 13.1. The van der Waals surface area contributed by atoms with Gasteiger partial charge in [0.25, 0.3) is 5.91 Å². The number of oxazole rings is 1. The number of aromatic nitrogens is 1. The van der Waals surface area contributed by atoms with Gasteiger partial charge in [0, 0.05) is 39.5 Å². The Morgan fingerprint density at radius 3 is 2.47 bits per heavy atom. The molecule has 0 saturated heterocycles. The minimum absolute atomic E-state index is 0.128. The highest BCUT2D eigenvalue weighted by molar-refractivity contribution is 5.91. The Labute approximate surface area is 188 Å². The Hall–Kier alpha value is -2.78. The van der Waals surface area contributed by atoms with Crippen LogP contribution < -0.4 is 5.32 Å². The number of amides is 2. The molecular weight excluding hydrogens is 417 g/mol. The summed E-state index contributed by atoms with van der Waals surface area (Å²) in [5.41, 5.74) is 0.877. The predicted molar refractivity (Wildman–Crippen MR) is 117 cm³/mol. The maximum Gasteiger partial charge on any atom is 0.273 e. The van der Waals surface area contributed by atoms with Crippen LogP contribution >= 0.6 is 0 Å². The second kappa shape index (κ2) is 14.3. The Morgan fingerprint density at radius 2 is 1.78 bits per heavy atom. The molecule has 1 aromatic carbocycles. The van der Waals surface area contributed by atoms with Crippen LogP contribution in [-0.4, -0.2) is 61.2 Å². The van der Waals surface area contributed by atoms with Gasteiger partial charge in [0.05, 0.1) is 13.0 Å². The molecule has 8 nitrogen and oxygen atoms in total. The lowest BCUT2D eigenvalue weighted by Crippen LogP contribution is -2.33. The van der Waals surface area contributed by atoms with Crippen molar-refractivity contribution in [1.82, 2.24) is 15.2 Å². The molecule has 0 spiro atoms. The number of hydrogen-bond donors (Lipinski definition) is 1. The van der Waals surface area contributed by atoms with E-state index in [4.69, 9.17) is 13.9 Å². The average molecular weight is 450 g/mol. The molecule has 2 amide bonds. The molecule has 0 bridgehead atoms. The van der Waals surface area contributed by atoms with Crippen LogP contribution in [0.4, 0.5) is 4.39 Å². The van der Waals surface area contributed by atoms with Gasteiger partial charge >= 0.3 is 0 Å². The molecule has 0 unspecified atom stereocenters. The van der Waals surface area contributed by atoms with Crippen molar-refractivity contribution < 1.29 is 27.9 Å². The Balaban J connectivity index is 1.95. The largest absolute Gasteiger partial charge is 0.446 e. The summed E-state index contributed by atoms with van der Waals surface area (Å²) in [4.78, 5) is 30.9. The summed E-state index contributed by atoms with van der Waals surface area (Å²) in [6.45, 7) is 7.22. The summed E-state index contributed by atoms with van der Waals surface area (Å²) in [5, 5.41) is 2.76. The van der Waals surface area contributed by atoms with E-state index < -0.39 is 0 Å². The van der Waals surface area contributed by atoms with E-state index in [9.17, 15) is 14.0 Å². The van der Waals surface area contributed by atoms with Crippen LogP contribution in [0.25, 0.3) is 0 Å². The quantitative estimate of drug-likeness (QED) is 0.420. The van der Waals surface area contributed by atoms with Gasteiger partial charge in [0.15, 0.2) is 5.69 Å². The summed E-state index contributed by atoms with van der Waals surface area (Å²) in [5.74, 6) is -0.558. The van der Waals surface area contributed by atoms with E-state index in [0.29, 0.717) is 57.9 Å². The Morgan fingerprint density at radius 1 is 1.09 bits per heavy atom. The minimum Gasteiger partial charge on any atom is -0.446 e. The van der Waals surface area contributed by atoms with Crippen molar-refractivity contribution in [3.63, 3.8) is 0 Å². The molecule has 0 aliphatic carbocycles. The number of hydrogen-bond acceptors (Lipinski definition) is 6. The van der Waals surface area contributed by atoms with Crippen molar-refractivity contribution in [2.75, 3.05) is 39.5 Å². The summed E-state index contributed by atoms with van der Waals surface area (Å²) < 4.78 is 29.2. The molecule has 9 heteroatoms. The van der Waals surface area contributed by atoms with Crippen molar-refractivity contribution >= 4 is 11.8 Å². The van der Waals surface area contributed by atoms with Crippen LogP contribution in [0, 0.1) is 5.82 Å². The number of carbonyl (C=O) groups is 2. The number of carbonyl (C=O) groups excluding carboxylic acids is 2. The van der Waals surface area contributed by atoms with Gasteiger partial charge in [-0.1, -0.05) is 12.1 Å². The van der Waals surface area contributed by atoms with Crippen LogP contribution in [-0.2, 0) is 27.2 Å². The van der Waals surface area contributed by atoms with Gasteiger partial charge in [-0.25, -0.2) is 9.37 Å². The Kier molecular flexibility index (Phi) is 11.4. The second-order valence-corrected chi connectivity index (χ2v) is 7.10. The molecule has 1 heterocycles. The molecule has 0 fully saturated rings. The van der Waals surface area contributed by atoms with Crippen molar-refractivity contribution in [2.45, 2.75) is 39.7 Å². The monoisotopic (exact) mass is 449 g/mol. The van der Waals surface area contributed by atoms with Crippen molar-refractivity contribution in [1.29, 1.82) is 0 Å². The first-order valence-electron chi connectivity index (χ1n) is 10.9. The minimum atomic E-state index is -0.349. The average Bonchev–Trinajstić information content (AvgIpc) is 3.26. The fourth-order valence-electron chi connectivity index (χ4n) is 2.94. The molecule has 0 aliphatic heterocycles. The van der Waals surface area contributed by atoms with E-state index in [1.165, 1.54) is 18.4 Å². The van der Waals surface area contributed by atoms with E-state index >= 15 is 0 Å². The van der Waals surface area contributed by atoms with Gasteiger partial charge in [-0.2, -0.15) is 0 Å². The molecule has 0 aliphatic rings. The molecule has 0 saturated carbocycles. The number of nitrogens with one attached hydrogen (secondary N) is 1. The summed E-state index contributed by atoms with van der Waals surface area (Å²) >= 11 is 0. The van der Waals surface area contributed by atoms with Crippen LogP contribution in [0.2, 0.25) is 0 Å². The van der Waals surface area contributed by atoms with Crippen molar-refractivity contribution in [2.24, 2.45) is 0 Å². The van der Waals surface area contributed by atoms with Crippen LogP contribution in [0.5, 0.6) is 0 Å². The van der Waals surface area contributed by atoms with E-state index in [-0.39, 0.29) is 42.2 Å². The molecule has 176 valence electrons. The molecule has 0 atom stereocenters. The first kappa shape index (κ1) is 25.5. The number of nitrogens with zero attached hydrogens (tertiary/aromatic N) is 2. The number of benzene rings is 1. The SMILES string of the molecule is CCOCCCNC(=O)c1coc(CN(CCCOCC)C(=O)Cc2ccc(F)cc2)n1. The van der Waals surface area contributed by atoms with E-state index in [2.05, 4.69) is 10.3 Å². The van der Waals surface area contributed by atoms with E-state index in [1.54, 1.807) is 17.0 Å². The van der Waals surface area contributed by atoms with Crippen molar-refractivity contribution in [3.05, 3.63) is 53.5 Å². The van der Waals surface area contributed by atoms with Crippen LogP contribution in [0.3, 0.4) is 0 Å². The first-order valence-corrected chi connectivity index (χ1v) is 10.9. The number of rotatable bonds is 15. The normalized spacial score (nSPS) is 10.8. The molecule has 1 aromatic heterocycles. The molecule has 2 rings (SSSR count). The molecule has 2 aromatic rings. The van der Waals surface area contributed by atoms with Crippen molar-refractivity contribution in [3.8, 4) is 0 Å². The van der Waals surface area contributed by atoms with Gasteiger partial charge < -0.3 is 24.1 Å². The third-order valence-electron chi connectivity index (χ3n) is 4.61. The fraction of sp³-hybridized carbons (Fsp3) is 0.522. The lowest BCUT2D eigenvalue weighted by Gasteiger charge is -2.21. The lowest BCUT2D eigenvalue weighted by atomic mass is 10.1. The number of ether oxygens (including phenoxy) is 2. The lowest BCUT2D eigenvalue weighted by molar-refractivity contribution is -0.131. The van der Waals surface area contributed by atoms with Gasteiger partial charge in [0.1, 0.15) is 12.1 Å². The van der Waals surface area contributed by atoms with Gasteiger partial charge in [-0.05, 0) is 44.4 Å². The van der Waals surface area contributed by atoms with E-state index in [1.807, 2.05) is 13.8 Å². The van der Waals surface area contributed by atoms with Gasteiger partial charge in [0.2, 0.25) is 11.8 Å². The molecular formula is C23H32FN3O5. The zero-order valence-electron chi connectivity index (χ0n) is 18.8. The summed E-state index contributed by atoms with van der Waals surface area (Å²) in [6.07, 6.45) is 2.77. The third kappa shape index (κ3) is 9.15. The standard InChI is InChI=1S/C23H32FN3O5/c1-3-30-13-5-11-25-23(29)20-17-32-21(26-20)16-27(12-6-14-31-4-2)22(28)15-18-7-9-19(24)10-8-18/h7-10,17H,3-6,11-16H2,1-2H3,(H,25,29). The molecule has 32 heavy (non-hydrogen) atoms. The molecule has 1 N–H and O–H groups in total.